The van der Waals surface area contributed by atoms with E-state index < -0.39 is 0 Å². The minimum Gasteiger partial charge on any atom is -0.0540 e. The Bertz CT molecular complexity index is 1440. The van der Waals surface area contributed by atoms with Gasteiger partial charge >= 0.3 is 0 Å². The first-order chi connectivity index (χ1) is 13.4. The summed E-state index contributed by atoms with van der Waals surface area (Å²) in [5, 5.41) is 0. The van der Waals surface area contributed by atoms with Gasteiger partial charge in [0.2, 0.25) is 0 Å². The molecule has 0 aliphatic rings. The zero-order chi connectivity index (χ0) is 19.7. The molecule has 0 aromatic rings. The summed E-state index contributed by atoms with van der Waals surface area (Å²) >= 11 is 4.78. The molecular formula is HPS26. The van der Waals surface area contributed by atoms with Gasteiger partial charge in [-0.3, -0.25) is 0 Å². The summed E-state index contributed by atoms with van der Waals surface area (Å²) in [5.74, 6) is 0. The Hall–Kier alpha value is 6.02. The van der Waals surface area contributed by atoms with Crippen molar-refractivity contribution < 1.29 is 0 Å². The highest BCUT2D eigenvalue weighted by Crippen LogP contribution is 1.45. The number of hydrogen-bond acceptors (Lipinski definition) is 1. The summed E-state index contributed by atoms with van der Waals surface area (Å²) in [4.78, 5) is 0. The summed E-state index contributed by atoms with van der Waals surface area (Å²) in [7, 11) is 47.5. The second kappa shape index (κ2) is 32.0. The molecule has 0 aliphatic carbocycles. The highest BCUT2D eigenvalue weighted by atomic mass is 33.5. The van der Waals surface area contributed by atoms with E-state index in [0.717, 1.165) is 0 Å². The van der Waals surface area contributed by atoms with E-state index in [4.69, 9.17) is 11.2 Å². The lowest BCUT2D eigenvalue weighted by Gasteiger charge is -1.40. The van der Waals surface area contributed by atoms with Gasteiger partial charge in [-0.15, -0.1) is 0 Å². The van der Waals surface area contributed by atoms with E-state index in [1.165, 1.54) is 8.88 Å². The van der Waals surface area contributed by atoms with Gasteiger partial charge in [0, 0.05) is 153 Å². The van der Waals surface area contributed by atoms with Crippen molar-refractivity contribution in [3.63, 3.8) is 0 Å². The van der Waals surface area contributed by atoms with E-state index in [0.29, 0.717) is 0 Å². The van der Waals surface area contributed by atoms with Gasteiger partial charge in [-0.2, -0.15) is 0 Å². The van der Waals surface area contributed by atoms with Gasteiger partial charge in [-0.05, 0) is 79.1 Å². The third-order valence-corrected chi connectivity index (χ3v) is 54.5. The summed E-state index contributed by atoms with van der Waals surface area (Å²) < 4.78 is 0. The van der Waals surface area contributed by atoms with Crippen LogP contribution in [0.25, 0.3) is 0 Å². The second-order valence-corrected chi connectivity index (χ2v) is 46.3. The van der Waals surface area contributed by atoms with Crippen LogP contribution in [0.15, 0.2) is 0 Å². The molecule has 0 rings (SSSR count). The Morgan fingerprint density at radius 1 is 0.296 bits per heavy atom. The Morgan fingerprint density at radius 2 is 0.481 bits per heavy atom. The molecule has 0 unspecified atom stereocenters. The second-order valence-electron chi connectivity index (χ2n) is 1.72. The molecule has 27 heteroatoms. The van der Waals surface area contributed by atoms with Crippen molar-refractivity contribution in [3.8, 4) is 0 Å². The van der Waals surface area contributed by atoms with E-state index in [1.807, 2.05) is 115 Å². The molecule has 162 valence electrons. The van der Waals surface area contributed by atoms with E-state index in [9.17, 15) is 0 Å². The molecule has 0 spiro atoms. The first kappa shape index (κ1) is 33.0. The zero-order valence-corrected chi connectivity index (χ0v) is 33.3. The van der Waals surface area contributed by atoms with E-state index in [1.54, 1.807) is 98.3 Å². The van der Waals surface area contributed by atoms with E-state index >= 15 is 0 Å². The van der Waals surface area contributed by atoms with Crippen molar-refractivity contribution in [3.05, 3.63) is 0 Å². The van der Waals surface area contributed by atoms with Crippen LogP contribution in [0.5, 0.6) is 0 Å². The minimum absolute atomic E-state index is 1.37. The smallest absolute Gasteiger partial charge is 0 e. The van der Waals surface area contributed by atoms with Crippen LogP contribution in [-0.2, 0) is 234 Å². The average molecular weight is 866 g/mol. The molecule has 0 heterocycles. The molecule has 0 amide bonds. The lowest BCUT2D eigenvalue weighted by atomic mass is 30.5. The maximum atomic E-state index is 4.78. The van der Waals surface area contributed by atoms with Crippen LogP contribution in [0.2, 0.25) is 0 Å². The molecule has 0 atom stereocenters. The summed E-state index contributed by atoms with van der Waals surface area (Å²) in [5.41, 5.74) is 0. The van der Waals surface area contributed by atoms with Gasteiger partial charge in [-0.25, -0.2) is 0 Å². The maximum Gasteiger partial charge on any atom is 0 e. The molecule has 0 saturated carbocycles. The molecule has 0 saturated heterocycles. The molecule has 0 aromatic carbocycles. The monoisotopic (exact) mass is 863 g/mol. The Balaban J connectivity index is 5.91. The fourth-order valence-electron chi connectivity index (χ4n) is 0.263. The molecule has 0 N–H and O–H groups in total. The Labute approximate surface area is 235 Å². The standard InChI is InChI=1S/HPS26/c1-3-5-7-9-11-13-15-17-19-21-23-25-27-26-24-22-20-18-16-14-12-10-8-6-4-2/h1H. The molecular weight excluding hydrogens is 865 g/mol. The lowest BCUT2D eigenvalue weighted by molar-refractivity contribution is 5.96. The quantitative estimate of drug-likeness (QED) is 0.321. The van der Waals surface area contributed by atoms with Crippen molar-refractivity contribution in [1.82, 2.24) is 0 Å². The first-order valence-electron chi connectivity index (χ1n) is 4.37. The molecule has 0 bridgehead atoms. The molecule has 0 aliphatic heterocycles. The summed E-state index contributed by atoms with van der Waals surface area (Å²) in [6.45, 7) is 0. The number of rotatable bonds is 0. The van der Waals surface area contributed by atoms with Crippen molar-refractivity contribution in [2.45, 2.75) is 0 Å². The largest absolute Gasteiger partial charge is 0.0540 e. The van der Waals surface area contributed by atoms with Gasteiger partial charge in [0.1, 0.15) is 0 Å². The summed E-state index contributed by atoms with van der Waals surface area (Å²) in [6.07, 6.45) is 0. The normalized spacial score (nSPS) is 7.56. The van der Waals surface area contributed by atoms with Crippen LogP contribution < -0.4 is 0 Å². The van der Waals surface area contributed by atoms with Crippen LogP contribution in [0.1, 0.15) is 0 Å². The topological polar surface area (TPSA) is 0 Å². The van der Waals surface area contributed by atoms with Crippen LogP contribution in [0.3, 0.4) is 0 Å². The first-order valence-corrected chi connectivity index (χ1v) is 39.3. The van der Waals surface area contributed by atoms with Crippen LogP contribution >= 0.6 is 8.02 Å². The SMILES string of the molecule is P=S=S=S=S=S=S=S=S=S=S=S=S=S=S=S=S=S=S=S=S=S=S=S=S=S=S. The van der Waals surface area contributed by atoms with Gasteiger partial charge in [0.15, 0.2) is 0 Å². The van der Waals surface area contributed by atoms with Crippen LogP contribution in [0.4, 0.5) is 0 Å². The Morgan fingerprint density at radius 3 is 0.667 bits per heavy atom. The van der Waals surface area contributed by atoms with Crippen molar-refractivity contribution in [2.24, 2.45) is 0 Å². The van der Waals surface area contributed by atoms with E-state index in [2.05, 4.69) is 8.02 Å². The highest BCUT2D eigenvalue weighted by molar-refractivity contribution is 8.79. The minimum atomic E-state index is 1.37. The predicted octanol–water partition coefficient (Wildman–Crippen LogP) is 0.531. The van der Waals surface area contributed by atoms with Crippen LogP contribution in [0, 0.1) is 0 Å². The molecule has 0 nitrogen and oxygen atoms in total. The van der Waals surface area contributed by atoms with Gasteiger partial charge in [-0.1, -0.05) is 9.50 Å². The van der Waals surface area contributed by atoms with Crippen molar-refractivity contribution in [1.29, 1.82) is 0 Å². The Kier molecular flexibility index (Phi) is 39.2. The van der Waals surface area contributed by atoms with Crippen molar-refractivity contribution in [2.75, 3.05) is 0 Å². The highest BCUT2D eigenvalue weighted by Gasteiger charge is 1.43. The van der Waals surface area contributed by atoms with Crippen molar-refractivity contribution >= 4 is 242 Å². The fourth-order valence-corrected chi connectivity index (χ4v) is 64.0. The van der Waals surface area contributed by atoms with Crippen LogP contribution in [-0.4, -0.2) is 0 Å². The zero-order valence-electron chi connectivity index (χ0n) is 11.1. The average Bonchev–Trinajstić information content (AvgIpc) is 2.68. The fraction of sp³-hybridized carbons (Fsp3) is 0. The van der Waals surface area contributed by atoms with E-state index in [-0.39, 0.29) is 0 Å². The molecule has 0 fully saturated rings. The molecule has 27 heavy (non-hydrogen) atoms. The summed E-state index contributed by atoms with van der Waals surface area (Å²) in [6, 6.07) is 0. The number of hydrogen-bond donors (Lipinski definition) is 0. The van der Waals surface area contributed by atoms with Gasteiger partial charge in [0.25, 0.3) is 0 Å². The third-order valence-electron chi connectivity index (χ3n) is 0.673. The maximum absolute atomic E-state index is 4.78. The molecule has 0 radical (unpaired) electrons. The third kappa shape index (κ3) is 32.0. The van der Waals surface area contributed by atoms with Gasteiger partial charge in [0.05, 0.1) is 0 Å². The lowest BCUT2D eigenvalue weighted by Crippen LogP contribution is -1.41. The molecule has 0 aromatic heterocycles. The van der Waals surface area contributed by atoms with Gasteiger partial charge < -0.3 is 0 Å². The predicted molar refractivity (Wildman–Crippen MR) is 200 cm³/mol.